The molecule has 2 saturated heterocycles. The van der Waals surface area contributed by atoms with Crippen LogP contribution in [0.15, 0.2) is 18.3 Å². The maximum absolute atomic E-state index is 12.8. The van der Waals surface area contributed by atoms with Crippen molar-refractivity contribution in [3.63, 3.8) is 0 Å². The third-order valence-corrected chi connectivity index (χ3v) is 6.56. The lowest BCUT2D eigenvalue weighted by Gasteiger charge is -2.56. The molecule has 1 spiro atoms. The van der Waals surface area contributed by atoms with Crippen molar-refractivity contribution in [3.8, 4) is 0 Å². The molecule has 1 aliphatic carbocycles. The third-order valence-electron chi connectivity index (χ3n) is 6.56. The summed E-state index contributed by atoms with van der Waals surface area (Å²) in [6, 6.07) is 4.64. The van der Waals surface area contributed by atoms with Crippen molar-refractivity contribution in [1.29, 1.82) is 0 Å². The van der Waals surface area contributed by atoms with Gasteiger partial charge in [0.05, 0.1) is 17.4 Å². The average molecular weight is 339 g/mol. The van der Waals surface area contributed by atoms with Gasteiger partial charge in [0, 0.05) is 36.0 Å². The van der Waals surface area contributed by atoms with Gasteiger partial charge in [-0.2, -0.15) is 5.10 Å². The zero-order valence-corrected chi connectivity index (χ0v) is 14.6. The highest BCUT2D eigenvalue weighted by molar-refractivity contribution is 6.02. The Balaban J connectivity index is 1.30. The van der Waals surface area contributed by atoms with E-state index in [1.54, 1.807) is 0 Å². The molecule has 3 aliphatic rings. The number of amides is 1. The molecule has 1 aromatic heterocycles. The molecule has 3 N–H and O–H groups in total. The fourth-order valence-corrected chi connectivity index (χ4v) is 5.22. The Hall–Kier alpha value is -1.92. The first-order chi connectivity index (χ1) is 12.2. The van der Waals surface area contributed by atoms with Gasteiger partial charge in [-0.3, -0.25) is 14.8 Å². The molecule has 3 fully saturated rings. The minimum absolute atomic E-state index is 0.104. The normalized spacial score (nSPS) is 31.9. The molecule has 132 valence electrons. The number of aryl methyl sites for hydroxylation is 1. The number of rotatable bonds is 2. The van der Waals surface area contributed by atoms with Crippen molar-refractivity contribution in [3.05, 3.63) is 23.9 Å². The highest BCUT2D eigenvalue weighted by Gasteiger charge is 2.55. The average Bonchev–Trinajstić information content (AvgIpc) is 3.23. The zero-order valence-electron chi connectivity index (χ0n) is 14.6. The molecule has 5 rings (SSSR count). The summed E-state index contributed by atoms with van der Waals surface area (Å²) in [6.45, 7) is 5.50. The molecule has 6 heteroatoms. The highest BCUT2D eigenvalue weighted by atomic mass is 16.1. The lowest BCUT2D eigenvalue weighted by Crippen LogP contribution is -2.71. The van der Waals surface area contributed by atoms with E-state index in [0.29, 0.717) is 6.04 Å². The summed E-state index contributed by atoms with van der Waals surface area (Å²) in [5, 5.41) is 15.1. The van der Waals surface area contributed by atoms with Crippen molar-refractivity contribution in [2.24, 2.45) is 5.92 Å². The second kappa shape index (κ2) is 5.54. The molecule has 1 amide bonds. The zero-order chi connectivity index (χ0) is 17.0. The van der Waals surface area contributed by atoms with Crippen LogP contribution in [0.3, 0.4) is 0 Å². The minimum atomic E-state index is 0.104. The van der Waals surface area contributed by atoms with Crippen LogP contribution in [-0.2, 0) is 4.79 Å². The van der Waals surface area contributed by atoms with Crippen molar-refractivity contribution in [1.82, 2.24) is 20.4 Å². The van der Waals surface area contributed by atoms with E-state index >= 15 is 0 Å². The van der Waals surface area contributed by atoms with E-state index < -0.39 is 0 Å². The Kier molecular flexibility index (Phi) is 3.40. The number of nitrogens with one attached hydrogen (secondary N) is 3. The quantitative estimate of drug-likeness (QED) is 0.783. The summed E-state index contributed by atoms with van der Waals surface area (Å²) in [4.78, 5) is 15.4. The van der Waals surface area contributed by atoms with Gasteiger partial charge in [0.15, 0.2) is 0 Å². The summed E-state index contributed by atoms with van der Waals surface area (Å²) >= 11 is 0. The standard InChI is InChI=1S/C19H25N5O/c1-12-4-5-15(17-14(12)11-21-23-17)22-18(25)13-9-19(10-13)16-3-2-7-24(16)8-6-20-19/h4-5,11,13,16,20H,2-3,6-10H2,1H3,(H,21,23)(H,22,25). The van der Waals surface area contributed by atoms with Gasteiger partial charge in [0.2, 0.25) is 5.91 Å². The number of carbonyl (C=O) groups is 1. The van der Waals surface area contributed by atoms with E-state index in [1.807, 2.05) is 18.3 Å². The number of H-pyrrole nitrogens is 1. The summed E-state index contributed by atoms with van der Waals surface area (Å²) in [5.41, 5.74) is 3.09. The van der Waals surface area contributed by atoms with E-state index in [-0.39, 0.29) is 17.4 Å². The van der Waals surface area contributed by atoms with E-state index in [1.165, 1.54) is 19.4 Å². The Morgan fingerprint density at radius 2 is 2.24 bits per heavy atom. The molecule has 1 unspecified atom stereocenters. The molecule has 2 aliphatic heterocycles. The van der Waals surface area contributed by atoms with Gasteiger partial charge in [-0.25, -0.2) is 0 Å². The van der Waals surface area contributed by atoms with Crippen LogP contribution in [-0.4, -0.2) is 52.2 Å². The number of carbonyl (C=O) groups excluding carboxylic acids is 1. The van der Waals surface area contributed by atoms with E-state index in [0.717, 1.165) is 48.1 Å². The van der Waals surface area contributed by atoms with Crippen molar-refractivity contribution >= 4 is 22.5 Å². The van der Waals surface area contributed by atoms with Crippen LogP contribution in [0.5, 0.6) is 0 Å². The lowest BCUT2D eigenvalue weighted by molar-refractivity contribution is -0.127. The lowest BCUT2D eigenvalue weighted by atomic mass is 9.62. The van der Waals surface area contributed by atoms with Crippen LogP contribution >= 0.6 is 0 Å². The van der Waals surface area contributed by atoms with Gasteiger partial charge < -0.3 is 10.6 Å². The van der Waals surface area contributed by atoms with Gasteiger partial charge in [0.25, 0.3) is 0 Å². The molecule has 25 heavy (non-hydrogen) atoms. The Bertz CT molecular complexity index is 822. The number of fused-ring (bicyclic) bond motifs is 3. The van der Waals surface area contributed by atoms with Crippen molar-refractivity contribution in [2.45, 2.75) is 44.2 Å². The first-order valence-electron chi connectivity index (χ1n) is 9.39. The summed E-state index contributed by atoms with van der Waals surface area (Å²) < 4.78 is 0. The van der Waals surface area contributed by atoms with Crippen molar-refractivity contribution in [2.75, 3.05) is 25.0 Å². The first-order valence-corrected chi connectivity index (χ1v) is 9.39. The third kappa shape index (κ3) is 2.31. The Morgan fingerprint density at radius 3 is 3.12 bits per heavy atom. The predicted molar refractivity (Wildman–Crippen MR) is 97.5 cm³/mol. The number of aromatic amines is 1. The molecule has 3 heterocycles. The van der Waals surface area contributed by atoms with Gasteiger partial charge in [-0.05, 0) is 50.8 Å². The van der Waals surface area contributed by atoms with Gasteiger partial charge in [0.1, 0.15) is 0 Å². The first kappa shape index (κ1) is 15.3. The van der Waals surface area contributed by atoms with E-state index in [9.17, 15) is 4.79 Å². The second-order valence-corrected chi connectivity index (χ2v) is 7.96. The van der Waals surface area contributed by atoms with Crippen LogP contribution < -0.4 is 10.6 Å². The van der Waals surface area contributed by atoms with Crippen LogP contribution in [0.2, 0.25) is 0 Å². The number of benzene rings is 1. The van der Waals surface area contributed by atoms with Crippen LogP contribution in [0.4, 0.5) is 5.69 Å². The molecule has 2 aromatic rings. The molecule has 1 aromatic carbocycles. The van der Waals surface area contributed by atoms with Crippen LogP contribution in [0, 0.1) is 12.8 Å². The van der Waals surface area contributed by atoms with Gasteiger partial charge in [-0.1, -0.05) is 6.07 Å². The summed E-state index contributed by atoms with van der Waals surface area (Å²) in [5.74, 6) is 0.245. The van der Waals surface area contributed by atoms with Crippen molar-refractivity contribution < 1.29 is 4.79 Å². The number of anilines is 1. The Labute approximate surface area is 147 Å². The van der Waals surface area contributed by atoms with Gasteiger partial charge >= 0.3 is 0 Å². The molecule has 0 radical (unpaired) electrons. The summed E-state index contributed by atoms with van der Waals surface area (Å²) in [7, 11) is 0. The number of aromatic nitrogens is 2. The molecule has 6 nitrogen and oxygen atoms in total. The molecule has 0 bridgehead atoms. The maximum atomic E-state index is 12.8. The van der Waals surface area contributed by atoms with Gasteiger partial charge in [-0.15, -0.1) is 0 Å². The fourth-order valence-electron chi connectivity index (χ4n) is 5.22. The molecule has 1 saturated carbocycles. The second-order valence-electron chi connectivity index (χ2n) is 7.96. The topological polar surface area (TPSA) is 73.1 Å². The monoisotopic (exact) mass is 339 g/mol. The maximum Gasteiger partial charge on any atom is 0.227 e. The highest BCUT2D eigenvalue weighted by Crippen LogP contribution is 2.46. The SMILES string of the molecule is Cc1ccc(NC(=O)C2CC3(C2)NCCN2CCCC23)c2[nH]ncc12. The fraction of sp³-hybridized carbons (Fsp3) is 0.579. The minimum Gasteiger partial charge on any atom is -0.324 e. The smallest absolute Gasteiger partial charge is 0.227 e. The van der Waals surface area contributed by atoms with E-state index in [2.05, 4.69) is 32.7 Å². The number of nitrogens with zero attached hydrogens (tertiary/aromatic N) is 2. The molecule has 1 atom stereocenters. The number of piperazine rings is 1. The summed E-state index contributed by atoms with van der Waals surface area (Å²) in [6.07, 6.45) is 6.30. The molecular weight excluding hydrogens is 314 g/mol. The predicted octanol–water partition coefficient (Wildman–Crippen LogP) is 2.03. The van der Waals surface area contributed by atoms with E-state index in [4.69, 9.17) is 0 Å². The van der Waals surface area contributed by atoms with Crippen LogP contribution in [0.1, 0.15) is 31.2 Å². The molecular formula is C19H25N5O. The Morgan fingerprint density at radius 1 is 1.36 bits per heavy atom. The van der Waals surface area contributed by atoms with Crippen LogP contribution in [0.25, 0.3) is 10.9 Å². The number of hydrogen-bond acceptors (Lipinski definition) is 4. The largest absolute Gasteiger partial charge is 0.324 e. The number of hydrogen-bond donors (Lipinski definition) is 3.